The highest BCUT2D eigenvalue weighted by atomic mass is 15.2. The molecule has 0 aromatic heterocycles. The van der Waals surface area contributed by atoms with Crippen molar-refractivity contribution in [3.05, 3.63) is 35.4 Å². The molecule has 3 rings (SSSR count). The zero-order valence-electron chi connectivity index (χ0n) is 11.3. The van der Waals surface area contributed by atoms with Crippen LogP contribution in [0.15, 0.2) is 24.3 Å². The molecule has 1 fully saturated rings. The van der Waals surface area contributed by atoms with Crippen LogP contribution in [0.5, 0.6) is 0 Å². The number of nitrogens with zero attached hydrogens (tertiary/aromatic N) is 1. The van der Waals surface area contributed by atoms with Crippen molar-refractivity contribution in [2.45, 2.75) is 51.2 Å². The van der Waals surface area contributed by atoms with Gasteiger partial charge in [0.15, 0.2) is 0 Å². The van der Waals surface area contributed by atoms with Gasteiger partial charge in [-0.1, -0.05) is 31.2 Å². The van der Waals surface area contributed by atoms with Crippen LogP contribution in [0.2, 0.25) is 0 Å². The molecule has 1 aliphatic heterocycles. The molecule has 2 nitrogen and oxygen atoms in total. The molecule has 3 unspecified atom stereocenters. The second kappa shape index (κ2) is 5.02. The summed E-state index contributed by atoms with van der Waals surface area (Å²) in [6.45, 7) is 4.65. The van der Waals surface area contributed by atoms with E-state index in [1.165, 1.54) is 43.4 Å². The third-order valence-electron chi connectivity index (χ3n) is 4.76. The number of nitrogens with two attached hydrogens (primary N) is 1. The minimum absolute atomic E-state index is 0.381. The van der Waals surface area contributed by atoms with E-state index in [1.807, 2.05) is 0 Å². The van der Waals surface area contributed by atoms with Gasteiger partial charge in [0.1, 0.15) is 0 Å². The molecule has 0 amide bonds. The highest BCUT2D eigenvalue weighted by molar-refractivity contribution is 5.29. The van der Waals surface area contributed by atoms with E-state index in [9.17, 15) is 0 Å². The molecule has 18 heavy (non-hydrogen) atoms. The Balaban J connectivity index is 1.75. The van der Waals surface area contributed by atoms with E-state index < -0.39 is 0 Å². The van der Waals surface area contributed by atoms with Gasteiger partial charge >= 0.3 is 0 Å². The molecule has 1 aromatic carbocycles. The van der Waals surface area contributed by atoms with E-state index in [0.29, 0.717) is 12.1 Å². The van der Waals surface area contributed by atoms with Crippen molar-refractivity contribution in [3.63, 3.8) is 0 Å². The third kappa shape index (κ3) is 2.32. The zero-order chi connectivity index (χ0) is 12.5. The molecule has 1 aromatic rings. The summed E-state index contributed by atoms with van der Waals surface area (Å²) in [5.41, 5.74) is 9.39. The van der Waals surface area contributed by atoms with Gasteiger partial charge in [-0.3, -0.25) is 4.90 Å². The average Bonchev–Trinajstić information content (AvgIpc) is 2.41. The maximum Gasteiger partial charge on any atom is 0.0253 e. The van der Waals surface area contributed by atoms with Gasteiger partial charge in [0, 0.05) is 25.2 Å². The van der Waals surface area contributed by atoms with E-state index in [1.54, 1.807) is 0 Å². The smallest absolute Gasteiger partial charge is 0.0253 e. The van der Waals surface area contributed by atoms with Gasteiger partial charge in [-0.15, -0.1) is 0 Å². The van der Waals surface area contributed by atoms with Gasteiger partial charge < -0.3 is 5.73 Å². The molecule has 0 spiro atoms. The summed E-state index contributed by atoms with van der Waals surface area (Å²) in [5.74, 6) is 0.840. The van der Waals surface area contributed by atoms with Crippen LogP contribution in [0.1, 0.15) is 37.3 Å². The van der Waals surface area contributed by atoms with Crippen molar-refractivity contribution < 1.29 is 0 Å². The zero-order valence-corrected chi connectivity index (χ0v) is 11.3. The Labute approximate surface area is 110 Å². The van der Waals surface area contributed by atoms with Crippen molar-refractivity contribution in [1.29, 1.82) is 0 Å². The summed E-state index contributed by atoms with van der Waals surface area (Å²) in [4.78, 5) is 2.63. The average molecular weight is 244 g/mol. The minimum atomic E-state index is 0.381. The van der Waals surface area contributed by atoms with E-state index >= 15 is 0 Å². The van der Waals surface area contributed by atoms with Gasteiger partial charge in [-0.05, 0) is 42.7 Å². The third-order valence-corrected chi connectivity index (χ3v) is 4.76. The van der Waals surface area contributed by atoms with Crippen LogP contribution in [0.4, 0.5) is 0 Å². The van der Waals surface area contributed by atoms with Crippen LogP contribution < -0.4 is 5.73 Å². The quantitative estimate of drug-likeness (QED) is 0.822. The van der Waals surface area contributed by atoms with Gasteiger partial charge in [-0.2, -0.15) is 0 Å². The summed E-state index contributed by atoms with van der Waals surface area (Å²) < 4.78 is 0. The van der Waals surface area contributed by atoms with Crippen molar-refractivity contribution in [3.8, 4) is 0 Å². The van der Waals surface area contributed by atoms with Crippen LogP contribution in [0.3, 0.4) is 0 Å². The Morgan fingerprint density at radius 3 is 2.78 bits per heavy atom. The van der Waals surface area contributed by atoms with E-state index in [2.05, 4.69) is 36.1 Å². The molecule has 0 bridgehead atoms. The monoisotopic (exact) mass is 244 g/mol. The lowest BCUT2D eigenvalue weighted by atomic mass is 9.82. The van der Waals surface area contributed by atoms with E-state index in [4.69, 9.17) is 5.73 Å². The topological polar surface area (TPSA) is 29.3 Å². The fourth-order valence-corrected chi connectivity index (χ4v) is 3.59. The summed E-state index contributed by atoms with van der Waals surface area (Å²) in [5, 5.41) is 0. The first-order chi connectivity index (χ1) is 8.74. The lowest BCUT2D eigenvalue weighted by Crippen LogP contribution is -2.52. The summed E-state index contributed by atoms with van der Waals surface area (Å²) in [6.07, 6.45) is 4.98. The number of hydrogen-bond acceptors (Lipinski definition) is 2. The lowest BCUT2D eigenvalue weighted by molar-refractivity contribution is 0.104. The maximum absolute atomic E-state index is 6.35. The first-order valence-electron chi connectivity index (χ1n) is 7.30. The molecule has 98 valence electrons. The molecule has 2 N–H and O–H groups in total. The molecule has 1 saturated carbocycles. The number of hydrogen-bond donors (Lipinski definition) is 1. The fourth-order valence-electron chi connectivity index (χ4n) is 3.59. The molecular formula is C16H24N2. The Hall–Kier alpha value is -0.860. The molecular weight excluding hydrogens is 220 g/mol. The Kier molecular flexibility index (Phi) is 3.40. The highest BCUT2D eigenvalue weighted by Gasteiger charge is 2.32. The second-order valence-electron chi connectivity index (χ2n) is 6.14. The number of fused-ring (bicyclic) bond motifs is 1. The van der Waals surface area contributed by atoms with Gasteiger partial charge in [0.2, 0.25) is 0 Å². The summed E-state index contributed by atoms with van der Waals surface area (Å²) in [7, 11) is 0. The lowest BCUT2D eigenvalue weighted by Gasteiger charge is -2.42. The molecule has 0 saturated heterocycles. The largest absolute Gasteiger partial charge is 0.326 e. The second-order valence-corrected chi connectivity index (χ2v) is 6.14. The van der Waals surface area contributed by atoms with Crippen molar-refractivity contribution in [2.75, 3.05) is 6.54 Å². The van der Waals surface area contributed by atoms with Gasteiger partial charge in [0.25, 0.3) is 0 Å². The predicted octanol–water partition coefficient (Wildman–Crippen LogP) is 2.56. The molecule has 1 aliphatic carbocycles. The Bertz CT molecular complexity index is 415. The minimum Gasteiger partial charge on any atom is -0.326 e. The summed E-state index contributed by atoms with van der Waals surface area (Å²) in [6, 6.07) is 9.85. The maximum atomic E-state index is 6.35. The first kappa shape index (κ1) is 12.2. The van der Waals surface area contributed by atoms with Crippen LogP contribution >= 0.6 is 0 Å². The summed E-state index contributed by atoms with van der Waals surface area (Å²) >= 11 is 0. The highest BCUT2D eigenvalue weighted by Crippen LogP contribution is 2.30. The van der Waals surface area contributed by atoms with E-state index in [0.717, 1.165) is 12.5 Å². The fraction of sp³-hybridized carbons (Fsp3) is 0.625. The molecule has 1 heterocycles. The predicted molar refractivity (Wildman–Crippen MR) is 75.3 cm³/mol. The Morgan fingerprint density at radius 2 is 1.94 bits per heavy atom. The van der Waals surface area contributed by atoms with Crippen LogP contribution in [0, 0.1) is 5.92 Å². The van der Waals surface area contributed by atoms with E-state index in [-0.39, 0.29) is 0 Å². The van der Waals surface area contributed by atoms with Crippen molar-refractivity contribution in [1.82, 2.24) is 4.90 Å². The molecule has 0 radical (unpaired) electrons. The van der Waals surface area contributed by atoms with Crippen LogP contribution in [-0.4, -0.2) is 23.5 Å². The molecule has 2 aliphatic rings. The molecule has 3 atom stereocenters. The number of benzene rings is 1. The number of rotatable bonds is 1. The van der Waals surface area contributed by atoms with Crippen molar-refractivity contribution in [2.24, 2.45) is 11.7 Å². The molecule has 2 heteroatoms. The normalized spacial score (nSPS) is 33.1. The Morgan fingerprint density at radius 1 is 1.17 bits per heavy atom. The van der Waals surface area contributed by atoms with Gasteiger partial charge in [-0.25, -0.2) is 0 Å². The van der Waals surface area contributed by atoms with Crippen molar-refractivity contribution >= 4 is 0 Å². The van der Waals surface area contributed by atoms with Crippen LogP contribution in [0.25, 0.3) is 0 Å². The SMILES string of the molecule is CC1CCC(N)C(N2CCc3ccccc3C2)C1. The first-order valence-corrected chi connectivity index (χ1v) is 7.30. The van der Waals surface area contributed by atoms with Crippen LogP contribution in [-0.2, 0) is 13.0 Å². The standard InChI is InChI=1S/C16H24N2/c1-12-6-7-15(17)16(10-12)18-9-8-13-4-2-3-5-14(13)11-18/h2-5,12,15-16H,6-11,17H2,1H3. The van der Waals surface area contributed by atoms with Gasteiger partial charge in [0.05, 0.1) is 0 Å².